The molecule has 0 amide bonds. The molecular weight excluding hydrogens is 156 g/mol. The van der Waals surface area contributed by atoms with E-state index in [1.807, 2.05) is 0 Å². The largest absolute Gasteiger partial charge is 0.0654 e. The summed E-state index contributed by atoms with van der Waals surface area (Å²) in [4.78, 5) is 0. The van der Waals surface area contributed by atoms with Gasteiger partial charge in [0.05, 0.1) is 0 Å². The fourth-order valence-electron chi connectivity index (χ4n) is 2.48. The van der Waals surface area contributed by atoms with E-state index in [1.54, 1.807) is 0 Å². The summed E-state index contributed by atoms with van der Waals surface area (Å²) in [6.07, 6.45) is 10.2. The second kappa shape index (κ2) is 5.67. The smallest absolute Gasteiger partial charge is 0.0386 e. The molecular formula is C13H26. The minimum atomic E-state index is 0.977. The van der Waals surface area contributed by atoms with Crippen LogP contribution in [0.1, 0.15) is 65.7 Å². The van der Waals surface area contributed by atoms with Gasteiger partial charge in [0.2, 0.25) is 0 Å². The Labute approximate surface area is 84.1 Å². The molecule has 0 bridgehead atoms. The molecule has 0 N–H and O–H groups in total. The van der Waals surface area contributed by atoms with Crippen LogP contribution in [0.25, 0.3) is 0 Å². The third-order valence-electron chi connectivity index (χ3n) is 3.54. The van der Waals surface area contributed by atoms with Crippen molar-refractivity contribution in [3.05, 3.63) is 0 Å². The van der Waals surface area contributed by atoms with Crippen LogP contribution in [0.4, 0.5) is 0 Å². The predicted octanol–water partition coefficient (Wildman–Crippen LogP) is 4.64. The maximum Gasteiger partial charge on any atom is -0.0386 e. The lowest BCUT2D eigenvalue weighted by molar-refractivity contribution is 0.283. The summed E-state index contributed by atoms with van der Waals surface area (Å²) in [6, 6.07) is 0. The van der Waals surface area contributed by atoms with E-state index >= 15 is 0 Å². The molecule has 78 valence electrons. The van der Waals surface area contributed by atoms with Gasteiger partial charge in [0.1, 0.15) is 0 Å². The minimum absolute atomic E-state index is 0.977. The standard InChI is InChI=1S/C13H26/c1-4-6-11(3)13(7-5-2)10-12-8-9-12/h11-13H,4-10H2,1-3H3. The molecule has 0 aromatic rings. The first kappa shape index (κ1) is 11.1. The Bertz CT molecular complexity index is 124. The van der Waals surface area contributed by atoms with Gasteiger partial charge in [0.15, 0.2) is 0 Å². The van der Waals surface area contributed by atoms with Crippen LogP contribution >= 0.6 is 0 Å². The van der Waals surface area contributed by atoms with Gasteiger partial charge in [-0.15, -0.1) is 0 Å². The van der Waals surface area contributed by atoms with Gasteiger partial charge >= 0.3 is 0 Å². The maximum atomic E-state index is 2.46. The lowest BCUT2D eigenvalue weighted by Gasteiger charge is -2.23. The zero-order valence-electron chi connectivity index (χ0n) is 9.68. The Hall–Kier alpha value is 0. The number of hydrogen-bond acceptors (Lipinski definition) is 0. The molecule has 2 unspecified atom stereocenters. The summed E-state index contributed by atoms with van der Waals surface area (Å²) in [5.74, 6) is 3.14. The topological polar surface area (TPSA) is 0 Å². The van der Waals surface area contributed by atoms with Crippen molar-refractivity contribution in [2.24, 2.45) is 17.8 Å². The molecule has 1 fully saturated rings. The van der Waals surface area contributed by atoms with E-state index in [-0.39, 0.29) is 0 Å². The third-order valence-corrected chi connectivity index (χ3v) is 3.54. The zero-order valence-corrected chi connectivity index (χ0v) is 9.68. The Morgan fingerprint density at radius 2 is 1.69 bits per heavy atom. The first-order valence-corrected chi connectivity index (χ1v) is 6.27. The van der Waals surface area contributed by atoms with E-state index in [1.165, 1.54) is 44.9 Å². The second-order valence-corrected chi connectivity index (χ2v) is 4.99. The second-order valence-electron chi connectivity index (χ2n) is 4.99. The molecule has 0 radical (unpaired) electrons. The van der Waals surface area contributed by atoms with E-state index < -0.39 is 0 Å². The third kappa shape index (κ3) is 4.15. The van der Waals surface area contributed by atoms with Gasteiger partial charge in [0, 0.05) is 0 Å². The summed E-state index contributed by atoms with van der Waals surface area (Å²) >= 11 is 0. The molecule has 0 saturated heterocycles. The summed E-state index contributed by atoms with van der Waals surface area (Å²) < 4.78 is 0. The molecule has 0 nitrogen and oxygen atoms in total. The SMILES string of the molecule is CCCC(C)C(CCC)CC1CC1. The molecule has 1 aliphatic carbocycles. The van der Waals surface area contributed by atoms with E-state index in [0.717, 1.165) is 17.8 Å². The molecule has 13 heavy (non-hydrogen) atoms. The Morgan fingerprint density at radius 1 is 1.08 bits per heavy atom. The molecule has 0 aliphatic heterocycles. The van der Waals surface area contributed by atoms with Crippen LogP contribution in [0.5, 0.6) is 0 Å². The first-order valence-electron chi connectivity index (χ1n) is 6.27. The zero-order chi connectivity index (χ0) is 9.68. The number of rotatable bonds is 7. The lowest BCUT2D eigenvalue weighted by Crippen LogP contribution is -2.12. The summed E-state index contributed by atoms with van der Waals surface area (Å²) in [6.45, 7) is 7.11. The Balaban J connectivity index is 2.25. The van der Waals surface area contributed by atoms with Crippen LogP contribution < -0.4 is 0 Å². The van der Waals surface area contributed by atoms with Crippen molar-refractivity contribution in [3.63, 3.8) is 0 Å². The van der Waals surface area contributed by atoms with Crippen molar-refractivity contribution < 1.29 is 0 Å². The predicted molar refractivity (Wildman–Crippen MR) is 59.8 cm³/mol. The van der Waals surface area contributed by atoms with Gasteiger partial charge in [-0.2, -0.15) is 0 Å². The van der Waals surface area contributed by atoms with Crippen LogP contribution in [-0.2, 0) is 0 Å². The van der Waals surface area contributed by atoms with Crippen LogP contribution in [0.15, 0.2) is 0 Å². The van der Waals surface area contributed by atoms with E-state index in [4.69, 9.17) is 0 Å². The molecule has 0 heteroatoms. The average Bonchev–Trinajstić information content (AvgIpc) is 2.88. The van der Waals surface area contributed by atoms with Crippen LogP contribution in [0.2, 0.25) is 0 Å². The van der Waals surface area contributed by atoms with Crippen molar-refractivity contribution in [2.45, 2.75) is 65.7 Å². The van der Waals surface area contributed by atoms with Crippen molar-refractivity contribution in [2.75, 3.05) is 0 Å². The molecule has 0 heterocycles. The monoisotopic (exact) mass is 182 g/mol. The van der Waals surface area contributed by atoms with Gasteiger partial charge < -0.3 is 0 Å². The van der Waals surface area contributed by atoms with Crippen molar-refractivity contribution in [1.29, 1.82) is 0 Å². The molecule has 0 spiro atoms. The van der Waals surface area contributed by atoms with Crippen LogP contribution in [-0.4, -0.2) is 0 Å². The average molecular weight is 182 g/mol. The Morgan fingerprint density at radius 3 is 2.15 bits per heavy atom. The first-order chi connectivity index (χ1) is 6.27. The highest BCUT2D eigenvalue weighted by Crippen LogP contribution is 2.39. The van der Waals surface area contributed by atoms with Gasteiger partial charge in [-0.3, -0.25) is 0 Å². The van der Waals surface area contributed by atoms with E-state index in [2.05, 4.69) is 20.8 Å². The summed E-state index contributed by atoms with van der Waals surface area (Å²) in [5.41, 5.74) is 0. The van der Waals surface area contributed by atoms with Gasteiger partial charge in [-0.25, -0.2) is 0 Å². The fraction of sp³-hybridized carbons (Fsp3) is 1.00. The maximum absolute atomic E-state index is 2.46. The van der Waals surface area contributed by atoms with Crippen LogP contribution in [0.3, 0.4) is 0 Å². The van der Waals surface area contributed by atoms with E-state index in [0.29, 0.717) is 0 Å². The summed E-state index contributed by atoms with van der Waals surface area (Å²) in [5, 5.41) is 0. The van der Waals surface area contributed by atoms with Gasteiger partial charge in [0.25, 0.3) is 0 Å². The number of hydrogen-bond donors (Lipinski definition) is 0. The fourth-order valence-corrected chi connectivity index (χ4v) is 2.48. The Kier molecular flexibility index (Phi) is 4.83. The lowest BCUT2D eigenvalue weighted by atomic mass is 9.83. The normalized spacial score (nSPS) is 21.5. The molecule has 0 aromatic carbocycles. The molecule has 2 atom stereocenters. The highest BCUT2D eigenvalue weighted by Gasteiger charge is 2.27. The van der Waals surface area contributed by atoms with Crippen molar-refractivity contribution in [1.82, 2.24) is 0 Å². The molecule has 0 aromatic heterocycles. The molecule has 1 rings (SSSR count). The minimum Gasteiger partial charge on any atom is -0.0654 e. The van der Waals surface area contributed by atoms with Crippen molar-refractivity contribution in [3.8, 4) is 0 Å². The van der Waals surface area contributed by atoms with Gasteiger partial charge in [-0.05, 0) is 24.2 Å². The van der Waals surface area contributed by atoms with E-state index in [9.17, 15) is 0 Å². The quantitative estimate of drug-likeness (QED) is 0.538. The van der Waals surface area contributed by atoms with Crippen LogP contribution in [0, 0.1) is 17.8 Å². The highest BCUT2D eigenvalue weighted by molar-refractivity contribution is 4.78. The highest BCUT2D eigenvalue weighted by atomic mass is 14.3. The molecule has 1 aliphatic rings. The van der Waals surface area contributed by atoms with Crippen molar-refractivity contribution >= 4 is 0 Å². The molecule has 1 saturated carbocycles. The van der Waals surface area contributed by atoms with Gasteiger partial charge in [-0.1, -0.05) is 59.3 Å². The summed E-state index contributed by atoms with van der Waals surface area (Å²) in [7, 11) is 0.